The molecule has 0 atom stereocenters. The molecule has 158 valence electrons. The maximum Gasteiger partial charge on any atom is 0.256 e. The molecule has 0 spiro atoms. The van der Waals surface area contributed by atoms with Crippen LogP contribution in [0.5, 0.6) is 0 Å². The quantitative estimate of drug-likeness (QED) is 0.569. The summed E-state index contributed by atoms with van der Waals surface area (Å²) in [4.78, 5) is 12.9. The summed E-state index contributed by atoms with van der Waals surface area (Å²) >= 11 is 6.03. The van der Waals surface area contributed by atoms with Gasteiger partial charge < -0.3 is 5.32 Å². The van der Waals surface area contributed by atoms with Crippen molar-refractivity contribution in [2.45, 2.75) is 25.3 Å². The van der Waals surface area contributed by atoms with E-state index < -0.39 is 15.9 Å². The van der Waals surface area contributed by atoms with Crippen LogP contribution in [-0.4, -0.2) is 41.5 Å². The van der Waals surface area contributed by atoms with E-state index in [0.29, 0.717) is 30.5 Å². The Bertz CT molecular complexity index is 1140. The van der Waals surface area contributed by atoms with E-state index >= 15 is 0 Å². The second kappa shape index (κ2) is 9.42. The number of rotatable bonds is 8. The fourth-order valence-corrected chi connectivity index (χ4v) is 4.79. The number of nitrogens with one attached hydrogen (secondary N) is 1. The second-order valence-corrected chi connectivity index (χ2v) is 8.95. The van der Waals surface area contributed by atoms with Gasteiger partial charge in [-0.15, -0.1) is 0 Å². The first-order valence-electron chi connectivity index (χ1n) is 9.53. The summed E-state index contributed by atoms with van der Waals surface area (Å²) in [5.41, 5.74) is 1.19. The third-order valence-electron chi connectivity index (χ3n) is 4.62. The van der Waals surface area contributed by atoms with Gasteiger partial charge in [-0.05, 0) is 35.9 Å². The van der Waals surface area contributed by atoms with Gasteiger partial charge in [0.25, 0.3) is 5.91 Å². The van der Waals surface area contributed by atoms with E-state index in [9.17, 15) is 13.2 Å². The molecule has 0 aliphatic carbocycles. The molecule has 0 aliphatic heterocycles. The number of nitrogens with zero attached hydrogens (tertiary/aromatic N) is 3. The van der Waals surface area contributed by atoms with Crippen LogP contribution in [0, 0.1) is 0 Å². The number of hydrogen-bond donors (Lipinski definition) is 1. The van der Waals surface area contributed by atoms with E-state index in [4.69, 9.17) is 11.6 Å². The number of carbonyl (C=O) groups is 1. The summed E-state index contributed by atoms with van der Waals surface area (Å²) in [6.07, 6.45) is 1.58. The molecule has 7 nitrogen and oxygen atoms in total. The fourth-order valence-electron chi connectivity index (χ4n) is 3.07. The first-order valence-corrected chi connectivity index (χ1v) is 11.3. The number of sulfonamides is 1. The fraction of sp³-hybridized carbons (Fsp3) is 0.238. The lowest BCUT2D eigenvalue weighted by Gasteiger charge is -2.18. The van der Waals surface area contributed by atoms with Crippen LogP contribution in [0.3, 0.4) is 0 Å². The molecule has 1 amide bonds. The summed E-state index contributed by atoms with van der Waals surface area (Å²) in [6, 6.07) is 15.1. The molecule has 0 saturated heterocycles. The second-order valence-electron chi connectivity index (χ2n) is 6.58. The van der Waals surface area contributed by atoms with Gasteiger partial charge in [-0.25, -0.2) is 13.1 Å². The maximum atomic E-state index is 12.8. The normalized spacial score (nSPS) is 11.6. The zero-order valence-corrected chi connectivity index (χ0v) is 18.3. The van der Waals surface area contributed by atoms with Crippen LogP contribution in [0.25, 0.3) is 0 Å². The van der Waals surface area contributed by atoms with E-state index in [1.54, 1.807) is 49.0 Å². The SMILES string of the molecule is CCN(CC)S(=O)(=O)c1cccc(C(=O)Nc2ccnn2Cc2cccc(Cl)c2)c1. The Balaban J connectivity index is 1.80. The molecule has 9 heteroatoms. The molecule has 3 rings (SSSR count). The zero-order valence-electron chi connectivity index (χ0n) is 16.7. The van der Waals surface area contributed by atoms with E-state index in [1.165, 1.54) is 16.4 Å². The average molecular weight is 447 g/mol. The molecule has 2 aromatic carbocycles. The van der Waals surface area contributed by atoms with Crippen LogP contribution in [0.15, 0.2) is 65.7 Å². The van der Waals surface area contributed by atoms with Crippen LogP contribution in [0.4, 0.5) is 5.82 Å². The Morgan fingerprint density at radius 1 is 1.10 bits per heavy atom. The van der Waals surface area contributed by atoms with E-state index in [0.717, 1.165) is 5.56 Å². The molecule has 0 unspecified atom stereocenters. The predicted octanol–water partition coefficient (Wildman–Crippen LogP) is 3.87. The lowest BCUT2D eigenvalue weighted by Crippen LogP contribution is -2.30. The number of anilines is 1. The summed E-state index contributed by atoms with van der Waals surface area (Å²) in [5.74, 6) is 0.0800. The summed E-state index contributed by atoms with van der Waals surface area (Å²) < 4.78 is 28.5. The van der Waals surface area contributed by atoms with Gasteiger partial charge in [-0.3, -0.25) is 4.79 Å². The van der Waals surface area contributed by atoms with Crippen molar-refractivity contribution in [2.24, 2.45) is 0 Å². The van der Waals surface area contributed by atoms with Crippen molar-refractivity contribution in [3.63, 3.8) is 0 Å². The maximum absolute atomic E-state index is 12.8. The summed E-state index contributed by atoms with van der Waals surface area (Å²) in [7, 11) is -3.65. The molecule has 3 aromatic rings. The monoisotopic (exact) mass is 446 g/mol. The molecule has 0 radical (unpaired) electrons. The van der Waals surface area contributed by atoms with Crippen LogP contribution in [0.2, 0.25) is 5.02 Å². The topological polar surface area (TPSA) is 84.3 Å². The number of hydrogen-bond acceptors (Lipinski definition) is 4. The number of carbonyl (C=O) groups excluding carboxylic acids is 1. The largest absolute Gasteiger partial charge is 0.307 e. The van der Waals surface area contributed by atoms with Crippen molar-refractivity contribution in [1.29, 1.82) is 0 Å². The van der Waals surface area contributed by atoms with E-state index in [-0.39, 0.29) is 10.5 Å². The first-order chi connectivity index (χ1) is 14.3. The summed E-state index contributed by atoms with van der Waals surface area (Å²) in [6.45, 7) is 4.70. The average Bonchev–Trinajstić information content (AvgIpc) is 3.15. The molecular weight excluding hydrogens is 424 g/mol. The van der Waals surface area contributed by atoms with Crippen molar-refractivity contribution in [3.8, 4) is 0 Å². The lowest BCUT2D eigenvalue weighted by atomic mass is 10.2. The van der Waals surface area contributed by atoms with Crippen molar-refractivity contribution in [3.05, 3.63) is 76.9 Å². The highest BCUT2D eigenvalue weighted by Crippen LogP contribution is 2.19. The predicted molar refractivity (Wildman–Crippen MR) is 117 cm³/mol. The van der Waals surface area contributed by atoms with Gasteiger partial charge in [0.2, 0.25) is 10.0 Å². The van der Waals surface area contributed by atoms with Crippen molar-refractivity contribution >= 4 is 33.3 Å². The van der Waals surface area contributed by atoms with Gasteiger partial charge in [0.05, 0.1) is 17.6 Å². The number of halogens is 1. The molecule has 0 bridgehead atoms. The number of amides is 1. The van der Waals surface area contributed by atoms with Crippen molar-refractivity contribution < 1.29 is 13.2 Å². The number of benzene rings is 2. The van der Waals surface area contributed by atoms with Gasteiger partial charge >= 0.3 is 0 Å². The van der Waals surface area contributed by atoms with Gasteiger partial charge in [-0.2, -0.15) is 9.40 Å². The molecule has 0 saturated carbocycles. The zero-order chi connectivity index (χ0) is 21.7. The van der Waals surface area contributed by atoms with Crippen molar-refractivity contribution in [2.75, 3.05) is 18.4 Å². The number of aromatic nitrogens is 2. The minimum Gasteiger partial charge on any atom is -0.307 e. The van der Waals surface area contributed by atoms with Gasteiger partial charge in [0, 0.05) is 29.7 Å². The standard InChI is InChI=1S/C21H23ClN4O3S/c1-3-25(4-2)30(28,29)19-10-6-8-17(14-19)21(27)24-20-11-12-23-26(20)15-16-7-5-9-18(22)13-16/h5-14H,3-4,15H2,1-2H3,(H,24,27). The van der Waals surface area contributed by atoms with Crippen LogP contribution in [-0.2, 0) is 16.6 Å². The Labute approximate surface area is 181 Å². The highest BCUT2D eigenvalue weighted by atomic mass is 35.5. The van der Waals surface area contributed by atoms with E-state index in [2.05, 4.69) is 10.4 Å². The minimum absolute atomic E-state index is 0.0892. The highest BCUT2D eigenvalue weighted by molar-refractivity contribution is 7.89. The van der Waals surface area contributed by atoms with Gasteiger partial charge in [-0.1, -0.05) is 43.6 Å². The minimum atomic E-state index is -3.65. The van der Waals surface area contributed by atoms with Crippen molar-refractivity contribution in [1.82, 2.24) is 14.1 Å². The van der Waals surface area contributed by atoms with Gasteiger partial charge in [0.1, 0.15) is 5.82 Å². The molecule has 1 aromatic heterocycles. The molecule has 1 N–H and O–H groups in total. The Hall–Kier alpha value is -2.68. The Morgan fingerprint density at radius 3 is 2.53 bits per heavy atom. The van der Waals surface area contributed by atoms with Crippen LogP contribution in [0.1, 0.15) is 29.8 Å². The molecule has 30 heavy (non-hydrogen) atoms. The molecule has 0 fully saturated rings. The third kappa shape index (κ3) is 4.89. The highest BCUT2D eigenvalue weighted by Gasteiger charge is 2.22. The van der Waals surface area contributed by atoms with E-state index in [1.807, 2.05) is 18.2 Å². The molecule has 1 heterocycles. The smallest absolute Gasteiger partial charge is 0.256 e. The Kier molecular flexibility index (Phi) is 6.91. The lowest BCUT2D eigenvalue weighted by molar-refractivity contribution is 0.102. The third-order valence-corrected chi connectivity index (χ3v) is 6.90. The van der Waals surface area contributed by atoms with Gasteiger partial charge in [0.15, 0.2) is 0 Å². The molecular formula is C21H23ClN4O3S. The Morgan fingerprint density at radius 2 is 1.83 bits per heavy atom. The first kappa shape index (κ1) is 22.0. The molecule has 0 aliphatic rings. The van der Waals surface area contributed by atoms with Crippen LogP contribution < -0.4 is 5.32 Å². The van der Waals surface area contributed by atoms with Crippen LogP contribution >= 0.6 is 11.6 Å². The summed E-state index contributed by atoms with van der Waals surface area (Å²) in [5, 5.41) is 7.67.